The Morgan fingerprint density at radius 1 is 1.47 bits per heavy atom. The van der Waals surface area contributed by atoms with Gasteiger partial charge in [-0.1, -0.05) is 12.1 Å². The Morgan fingerprint density at radius 2 is 2.07 bits per heavy atom. The third-order valence-corrected chi connectivity index (χ3v) is 2.18. The van der Waals surface area contributed by atoms with Gasteiger partial charge in [0.25, 0.3) is 0 Å². The summed E-state index contributed by atoms with van der Waals surface area (Å²) in [6.07, 6.45) is 0. The molecule has 0 heterocycles. The summed E-state index contributed by atoms with van der Waals surface area (Å²) in [6.45, 7) is 1.89. The number of rotatable bonds is 5. The fraction of sp³-hybridized carbons (Fsp3) is 0.364. The molecule has 0 unspecified atom stereocenters. The molecule has 1 rings (SSSR count). The second-order valence-electron chi connectivity index (χ2n) is 3.27. The maximum Gasteiger partial charge on any atom is 0.317 e. The highest BCUT2D eigenvalue weighted by Gasteiger charge is 2.06. The highest BCUT2D eigenvalue weighted by atomic mass is 16.5. The third-order valence-electron chi connectivity index (χ3n) is 2.18. The average molecular weight is 209 g/mol. The maximum absolute atomic E-state index is 10.4. The summed E-state index contributed by atoms with van der Waals surface area (Å²) >= 11 is 0. The van der Waals surface area contributed by atoms with Crippen LogP contribution < -0.4 is 10.1 Å². The Kier molecular flexibility index (Phi) is 4.12. The molecule has 0 bridgehead atoms. The number of methoxy groups -OCH3 is 1. The van der Waals surface area contributed by atoms with E-state index in [0.29, 0.717) is 0 Å². The van der Waals surface area contributed by atoms with Gasteiger partial charge in [-0.2, -0.15) is 0 Å². The molecule has 0 aliphatic rings. The summed E-state index contributed by atoms with van der Waals surface area (Å²) in [7, 11) is 1.61. The van der Waals surface area contributed by atoms with Gasteiger partial charge in [0, 0.05) is 6.04 Å². The summed E-state index contributed by atoms with van der Waals surface area (Å²) < 4.78 is 5.03. The summed E-state index contributed by atoms with van der Waals surface area (Å²) in [5, 5.41) is 11.4. The van der Waals surface area contributed by atoms with Gasteiger partial charge >= 0.3 is 5.97 Å². The Hall–Kier alpha value is -1.55. The Labute approximate surface area is 88.9 Å². The maximum atomic E-state index is 10.4. The van der Waals surface area contributed by atoms with E-state index < -0.39 is 5.97 Å². The first-order chi connectivity index (χ1) is 7.13. The van der Waals surface area contributed by atoms with Crippen molar-refractivity contribution in [2.45, 2.75) is 13.0 Å². The predicted molar refractivity (Wildman–Crippen MR) is 57.0 cm³/mol. The van der Waals surface area contributed by atoms with Crippen molar-refractivity contribution in [2.75, 3.05) is 13.7 Å². The van der Waals surface area contributed by atoms with Gasteiger partial charge in [0.1, 0.15) is 5.75 Å². The van der Waals surface area contributed by atoms with Gasteiger partial charge < -0.3 is 15.2 Å². The average Bonchev–Trinajstić information content (AvgIpc) is 2.26. The molecule has 2 N–H and O–H groups in total. The van der Waals surface area contributed by atoms with Crippen molar-refractivity contribution in [3.8, 4) is 5.75 Å². The molecule has 0 aromatic heterocycles. The molecule has 0 saturated carbocycles. The number of hydrogen-bond acceptors (Lipinski definition) is 3. The highest BCUT2D eigenvalue weighted by molar-refractivity contribution is 5.69. The standard InChI is InChI=1S/C11H15NO3/c1-8(12-7-11(13)14)9-3-5-10(15-2)6-4-9/h3-6,8,12H,7H2,1-2H3,(H,13,14)/t8-/m1/s1. The fourth-order valence-electron chi connectivity index (χ4n) is 1.25. The molecule has 4 nitrogen and oxygen atoms in total. The molecule has 15 heavy (non-hydrogen) atoms. The van der Waals surface area contributed by atoms with Crippen LogP contribution in [0.25, 0.3) is 0 Å². The van der Waals surface area contributed by atoms with E-state index in [4.69, 9.17) is 9.84 Å². The second-order valence-corrected chi connectivity index (χ2v) is 3.27. The minimum absolute atomic E-state index is 0.0204. The van der Waals surface area contributed by atoms with Crippen molar-refractivity contribution in [3.05, 3.63) is 29.8 Å². The topological polar surface area (TPSA) is 58.6 Å². The van der Waals surface area contributed by atoms with Crippen LogP contribution in [0.4, 0.5) is 0 Å². The van der Waals surface area contributed by atoms with Crippen LogP contribution in [0.5, 0.6) is 5.75 Å². The van der Waals surface area contributed by atoms with Crippen LogP contribution in [-0.4, -0.2) is 24.7 Å². The zero-order valence-electron chi connectivity index (χ0n) is 8.86. The number of hydrogen-bond donors (Lipinski definition) is 2. The lowest BCUT2D eigenvalue weighted by atomic mass is 10.1. The van der Waals surface area contributed by atoms with Crippen LogP contribution in [0.15, 0.2) is 24.3 Å². The van der Waals surface area contributed by atoms with E-state index in [1.54, 1.807) is 7.11 Å². The summed E-state index contributed by atoms with van der Waals surface area (Å²) in [5.41, 5.74) is 1.04. The van der Waals surface area contributed by atoms with Gasteiger partial charge in [0.15, 0.2) is 0 Å². The Bertz CT molecular complexity index is 321. The molecule has 1 aromatic rings. The van der Waals surface area contributed by atoms with E-state index in [0.717, 1.165) is 11.3 Å². The summed E-state index contributed by atoms with van der Waals surface area (Å²) in [5.74, 6) is -0.0560. The molecular formula is C11H15NO3. The van der Waals surface area contributed by atoms with Crippen molar-refractivity contribution in [1.29, 1.82) is 0 Å². The highest BCUT2D eigenvalue weighted by Crippen LogP contribution is 2.16. The quantitative estimate of drug-likeness (QED) is 0.770. The van der Waals surface area contributed by atoms with Crippen LogP contribution in [0.2, 0.25) is 0 Å². The molecule has 0 aliphatic carbocycles. The van der Waals surface area contributed by atoms with E-state index in [1.807, 2.05) is 31.2 Å². The minimum Gasteiger partial charge on any atom is -0.497 e. The normalized spacial score (nSPS) is 12.1. The van der Waals surface area contributed by atoms with Crippen LogP contribution >= 0.6 is 0 Å². The molecule has 0 spiro atoms. The zero-order valence-corrected chi connectivity index (χ0v) is 8.86. The number of ether oxygens (including phenoxy) is 1. The van der Waals surface area contributed by atoms with Crippen molar-refractivity contribution in [3.63, 3.8) is 0 Å². The van der Waals surface area contributed by atoms with Gasteiger partial charge in [-0.3, -0.25) is 4.79 Å². The van der Waals surface area contributed by atoms with Crippen molar-refractivity contribution in [2.24, 2.45) is 0 Å². The van der Waals surface area contributed by atoms with Crippen LogP contribution in [0, 0.1) is 0 Å². The fourth-order valence-corrected chi connectivity index (χ4v) is 1.25. The third kappa shape index (κ3) is 3.59. The van der Waals surface area contributed by atoms with Gasteiger partial charge in [-0.15, -0.1) is 0 Å². The molecule has 0 radical (unpaired) electrons. The van der Waals surface area contributed by atoms with E-state index >= 15 is 0 Å². The van der Waals surface area contributed by atoms with Crippen LogP contribution in [-0.2, 0) is 4.79 Å². The number of benzene rings is 1. The van der Waals surface area contributed by atoms with E-state index in [2.05, 4.69) is 5.32 Å². The Balaban J connectivity index is 2.57. The number of carboxylic acid groups (broad SMARTS) is 1. The first-order valence-corrected chi connectivity index (χ1v) is 4.72. The van der Waals surface area contributed by atoms with Gasteiger partial charge in [0.05, 0.1) is 13.7 Å². The van der Waals surface area contributed by atoms with Crippen LogP contribution in [0.3, 0.4) is 0 Å². The van der Waals surface area contributed by atoms with Crippen molar-refractivity contribution >= 4 is 5.97 Å². The smallest absolute Gasteiger partial charge is 0.317 e. The molecule has 82 valence electrons. The van der Waals surface area contributed by atoms with Crippen molar-refractivity contribution < 1.29 is 14.6 Å². The van der Waals surface area contributed by atoms with Crippen molar-refractivity contribution in [1.82, 2.24) is 5.32 Å². The minimum atomic E-state index is -0.852. The zero-order chi connectivity index (χ0) is 11.3. The van der Waals surface area contributed by atoms with E-state index in [9.17, 15) is 4.79 Å². The predicted octanol–water partition coefficient (Wildman–Crippen LogP) is 1.43. The summed E-state index contributed by atoms with van der Waals surface area (Å²) in [6, 6.07) is 7.56. The molecule has 0 aliphatic heterocycles. The van der Waals surface area contributed by atoms with E-state index in [-0.39, 0.29) is 12.6 Å². The summed E-state index contributed by atoms with van der Waals surface area (Å²) in [4.78, 5) is 10.4. The molecule has 1 aromatic carbocycles. The lowest BCUT2D eigenvalue weighted by molar-refractivity contribution is -0.136. The molecule has 0 fully saturated rings. The lowest BCUT2D eigenvalue weighted by Crippen LogP contribution is -2.25. The van der Waals surface area contributed by atoms with Gasteiger partial charge in [-0.25, -0.2) is 0 Å². The Morgan fingerprint density at radius 3 is 2.53 bits per heavy atom. The largest absolute Gasteiger partial charge is 0.497 e. The molecule has 0 amide bonds. The van der Waals surface area contributed by atoms with Gasteiger partial charge in [0.2, 0.25) is 0 Å². The number of carbonyl (C=O) groups is 1. The SMILES string of the molecule is COc1ccc([C@@H](C)NCC(=O)O)cc1. The molecular weight excluding hydrogens is 194 g/mol. The van der Waals surface area contributed by atoms with E-state index in [1.165, 1.54) is 0 Å². The van der Waals surface area contributed by atoms with Gasteiger partial charge in [-0.05, 0) is 24.6 Å². The molecule has 1 atom stereocenters. The molecule has 0 saturated heterocycles. The lowest BCUT2D eigenvalue weighted by Gasteiger charge is -2.12. The van der Waals surface area contributed by atoms with Crippen LogP contribution in [0.1, 0.15) is 18.5 Å². The number of aliphatic carboxylic acids is 1. The monoisotopic (exact) mass is 209 g/mol. The molecule has 4 heteroatoms. The number of nitrogens with one attached hydrogen (secondary N) is 1. The second kappa shape index (κ2) is 5.36. The first kappa shape index (κ1) is 11.5. The first-order valence-electron chi connectivity index (χ1n) is 4.72. The number of carboxylic acids is 1.